The Balaban J connectivity index is 1.69. The Bertz CT molecular complexity index is 1250. The Labute approximate surface area is 207 Å². The number of ether oxygens (including phenoxy) is 2. The van der Waals surface area contributed by atoms with Crippen molar-refractivity contribution in [1.82, 2.24) is 0 Å². The minimum atomic E-state index is -4.66. The molecule has 1 aliphatic heterocycles. The van der Waals surface area contributed by atoms with Gasteiger partial charge in [-0.1, -0.05) is 60.1 Å². The Kier molecular flexibility index (Phi) is 7.57. The van der Waals surface area contributed by atoms with E-state index < -0.39 is 32.4 Å². The molecule has 0 radical (unpaired) electrons. The molecule has 1 aliphatic rings. The zero-order valence-corrected chi connectivity index (χ0v) is 20.2. The summed E-state index contributed by atoms with van der Waals surface area (Å²) in [5.74, 6) is 0. The van der Waals surface area contributed by atoms with Gasteiger partial charge in [-0.25, -0.2) is 8.42 Å². The fourth-order valence-corrected chi connectivity index (χ4v) is 6.38. The third-order valence-electron chi connectivity index (χ3n) is 6.19. The molecular weight excluding hydrogens is 501 g/mol. The average molecular weight is 525 g/mol. The van der Waals surface area contributed by atoms with Gasteiger partial charge in [0.15, 0.2) is 9.84 Å². The summed E-state index contributed by atoms with van der Waals surface area (Å²) in [6.45, 7) is 0.0985. The second-order valence-electron chi connectivity index (χ2n) is 8.56. The SMILES string of the molecule is O=S(=O)(c1cccc(C(F)(F)F)c1)C1(COCc2ccccc2)CCOC(c2ccc(Cl)cc2)C1. The van der Waals surface area contributed by atoms with Crippen LogP contribution in [0.4, 0.5) is 13.2 Å². The Morgan fingerprint density at radius 2 is 1.71 bits per heavy atom. The molecule has 1 saturated heterocycles. The monoisotopic (exact) mass is 524 g/mol. The van der Waals surface area contributed by atoms with Crippen molar-refractivity contribution < 1.29 is 31.1 Å². The minimum absolute atomic E-state index is 0.0298. The number of halogens is 4. The van der Waals surface area contributed by atoms with E-state index in [2.05, 4.69) is 0 Å². The lowest BCUT2D eigenvalue weighted by Gasteiger charge is -2.40. The summed E-state index contributed by atoms with van der Waals surface area (Å²) in [6.07, 6.45) is -5.13. The molecule has 2 unspecified atom stereocenters. The second kappa shape index (κ2) is 10.3. The quantitative estimate of drug-likeness (QED) is 0.348. The van der Waals surface area contributed by atoms with Gasteiger partial charge < -0.3 is 9.47 Å². The molecule has 3 aromatic rings. The van der Waals surface area contributed by atoms with Crippen LogP contribution < -0.4 is 0 Å². The number of alkyl halides is 3. The molecule has 1 fully saturated rings. The van der Waals surface area contributed by atoms with Crippen LogP contribution in [0, 0.1) is 0 Å². The largest absolute Gasteiger partial charge is 0.416 e. The molecule has 0 amide bonds. The molecule has 0 saturated carbocycles. The van der Waals surface area contributed by atoms with Crippen LogP contribution in [0.3, 0.4) is 0 Å². The van der Waals surface area contributed by atoms with E-state index in [9.17, 15) is 21.6 Å². The molecule has 4 nitrogen and oxygen atoms in total. The molecular formula is C26H24ClF3O4S. The summed E-state index contributed by atoms with van der Waals surface area (Å²) in [5.41, 5.74) is 0.585. The van der Waals surface area contributed by atoms with E-state index in [1.165, 1.54) is 6.07 Å². The molecule has 4 rings (SSSR count). The third kappa shape index (κ3) is 5.72. The first-order chi connectivity index (χ1) is 16.6. The van der Waals surface area contributed by atoms with Crippen LogP contribution in [0.25, 0.3) is 0 Å². The molecule has 35 heavy (non-hydrogen) atoms. The van der Waals surface area contributed by atoms with E-state index in [-0.39, 0.29) is 37.6 Å². The third-order valence-corrected chi connectivity index (χ3v) is 8.95. The molecule has 0 spiro atoms. The zero-order valence-electron chi connectivity index (χ0n) is 18.7. The fraction of sp³-hybridized carbons (Fsp3) is 0.308. The number of sulfone groups is 1. The van der Waals surface area contributed by atoms with Crippen molar-refractivity contribution >= 4 is 21.4 Å². The maximum Gasteiger partial charge on any atom is 0.416 e. The van der Waals surface area contributed by atoms with Crippen LogP contribution in [-0.4, -0.2) is 26.4 Å². The van der Waals surface area contributed by atoms with Gasteiger partial charge in [-0.2, -0.15) is 13.2 Å². The summed E-state index contributed by atoms with van der Waals surface area (Å²) >= 11 is 5.99. The molecule has 0 aliphatic carbocycles. The summed E-state index contributed by atoms with van der Waals surface area (Å²) < 4.78 is 78.2. The van der Waals surface area contributed by atoms with Gasteiger partial charge in [-0.05, 0) is 47.9 Å². The first-order valence-corrected chi connectivity index (χ1v) is 12.9. The van der Waals surface area contributed by atoms with E-state index in [0.29, 0.717) is 11.1 Å². The topological polar surface area (TPSA) is 52.6 Å². The minimum Gasteiger partial charge on any atom is -0.375 e. The lowest BCUT2D eigenvalue weighted by atomic mass is 9.91. The van der Waals surface area contributed by atoms with Crippen LogP contribution in [0.15, 0.2) is 83.8 Å². The van der Waals surface area contributed by atoms with Crippen molar-refractivity contribution in [1.29, 1.82) is 0 Å². The van der Waals surface area contributed by atoms with Gasteiger partial charge in [0.05, 0.1) is 29.8 Å². The fourth-order valence-electron chi connectivity index (χ4n) is 4.25. The van der Waals surface area contributed by atoms with Crippen molar-refractivity contribution in [2.24, 2.45) is 0 Å². The van der Waals surface area contributed by atoms with Crippen LogP contribution in [0.5, 0.6) is 0 Å². The van der Waals surface area contributed by atoms with Gasteiger partial charge in [-0.15, -0.1) is 0 Å². The van der Waals surface area contributed by atoms with Gasteiger partial charge in [0, 0.05) is 18.1 Å². The van der Waals surface area contributed by atoms with Gasteiger partial charge in [0.2, 0.25) is 0 Å². The van der Waals surface area contributed by atoms with Crippen molar-refractivity contribution in [3.8, 4) is 0 Å². The van der Waals surface area contributed by atoms with Gasteiger partial charge in [-0.3, -0.25) is 0 Å². The summed E-state index contributed by atoms with van der Waals surface area (Å²) in [5, 5.41) is 0.526. The predicted octanol–water partition coefficient (Wildman–Crippen LogP) is 6.64. The molecule has 2 atom stereocenters. The highest BCUT2D eigenvalue weighted by Gasteiger charge is 2.49. The zero-order chi connectivity index (χ0) is 25.1. The van der Waals surface area contributed by atoms with E-state index in [4.69, 9.17) is 21.1 Å². The Hall–Kier alpha value is -2.39. The number of rotatable bonds is 7. The van der Waals surface area contributed by atoms with Crippen LogP contribution in [-0.2, 0) is 32.1 Å². The van der Waals surface area contributed by atoms with E-state index in [0.717, 1.165) is 23.3 Å². The number of benzene rings is 3. The van der Waals surface area contributed by atoms with Crippen molar-refractivity contribution in [2.75, 3.05) is 13.2 Å². The molecule has 0 bridgehead atoms. The Morgan fingerprint density at radius 3 is 2.40 bits per heavy atom. The summed E-state index contributed by atoms with van der Waals surface area (Å²) in [4.78, 5) is -0.382. The molecule has 9 heteroatoms. The van der Waals surface area contributed by atoms with Crippen molar-refractivity contribution in [3.63, 3.8) is 0 Å². The highest BCUT2D eigenvalue weighted by molar-refractivity contribution is 7.92. The van der Waals surface area contributed by atoms with Gasteiger partial charge >= 0.3 is 6.18 Å². The summed E-state index contributed by atoms with van der Waals surface area (Å²) in [6, 6.07) is 20.0. The highest BCUT2D eigenvalue weighted by Crippen LogP contribution is 2.43. The maximum atomic E-state index is 13.9. The van der Waals surface area contributed by atoms with Crippen LogP contribution >= 0.6 is 11.6 Å². The first-order valence-electron chi connectivity index (χ1n) is 11.0. The first kappa shape index (κ1) is 25.7. The van der Waals surface area contributed by atoms with Crippen LogP contribution in [0.1, 0.15) is 35.6 Å². The lowest BCUT2D eigenvalue weighted by molar-refractivity contribution is -0.137. The molecule has 1 heterocycles. The molecule has 0 aromatic heterocycles. The highest BCUT2D eigenvalue weighted by atomic mass is 35.5. The van der Waals surface area contributed by atoms with Crippen molar-refractivity contribution in [2.45, 2.75) is 41.4 Å². The maximum absolute atomic E-state index is 13.9. The number of hydrogen-bond acceptors (Lipinski definition) is 4. The standard InChI is InChI=1S/C26H24ClF3O4S/c27-22-11-9-20(10-12-22)24-16-25(13-14-34-24,18-33-17-19-5-2-1-3-6-19)35(31,32)23-8-4-7-21(15-23)26(28,29)30/h1-12,15,24H,13-14,16-18H2. The smallest absolute Gasteiger partial charge is 0.375 e. The molecule has 186 valence electrons. The number of hydrogen-bond donors (Lipinski definition) is 0. The summed E-state index contributed by atoms with van der Waals surface area (Å²) in [7, 11) is -4.24. The van der Waals surface area contributed by atoms with Gasteiger partial charge in [0.1, 0.15) is 4.75 Å². The van der Waals surface area contributed by atoms with E-state index in [1.54, 1.807) is 24.3 Å². The van der Waals surface area contributed by atoms with E-state index >= 15 is 0 Å². The molecule has 3 aromatic carbocycles. The predicted molar refractivity (Wildman–Crippen MR) is 127 cm³/mol. The van der Waals surface area contributed by atoms with E-state index in [1.807, 2.05) is 30.3 Å². The lowest BCUT2D eigenvalue weighted by Crippen LogP contribution is -2.48. The Morgan fingerprint density at radius 1 is 1.00 bits per heavy atom. The van der Waals surface area contributed by atoms with Gasteiger partial charge in [0.25, 0.3) is 0 Å². The average Bonchev–Trinajstić information content (AvgIpc) is 2.85. The van der Waals surface area contributed by atoms with Crippen molar-refractivity contribution in [3.05, 3.63) is 101 Å². The molecule has 0 N–H and O–H groups in total. The van der Waals surface area contributed by atoms with Crippen LogP contribution in [0.2, 0.25) is 5.02 Å². The normalized spacial score (nSPS) is 21.1. The second-order valence-corrected chi connectivity index (χ2v) is 11.3.